The van der Waals surface area contributed by atoms with Crippen LogP contribution in [-0.4, -0.2) is 25.0 Å². The average molecular weight is 398 g/mol. The van der Waals surface area contributed by atoms with E-state index in [2.05, 4.69) is 11.4 Å². The van der Waals surface area contributed by atoms with E-state index in [9.17, 15) is 9.59 Å². The lowest BCUT2D eigenvalue weighted by Gasteiger charge is -2.17. The molecular formula is C25H22N2O3. The van der Waals surface area contributed by atoms with Gasteiger partial charge in [0.1, 0.15) is 6.04 Å². The number of carbonyl (C=O) groups excluding carboxylic acids is 2. The highest BCUT2D eigenvalue weighted by Crippen LogP contribution is 2.19. The molecule has 0 spiro atoms. The van der Waals surface area contributed by atoms with Gasteiger partial charge in [0.15, 0.2) is 0 Å². The third kappa shape index (κ3) is 5.33. The molecule has 5 nitrogen and oxygen atoms in total. The summed E-state index contributed by atoms with van der Waals surface area (Å²) in [5.41, 5.74) is 4.02. The Morgan fingerprint density at radius 1 is 0.967 bits per heavy atom. The van der Waals surface area contributed by atoms with E-state index >= 15 is 0 Å². The van der Waals surface area contributed by atoms with Crippen molar-refractivity contribution < 1.29 is 14.3 Å². The Kier molecular flexibility index (Phi) is 6.96. The number of rotatable bonds is 7. The second kappa shape index (κ2) is 10.0. The number of hydrogen-bond donors (Lipinski definition) is 1. The fraction of sp³-hybridized carbons (Fsp3) is 0.160. The lowest BCUT2D eigenvalue weighted by Crippen LogP contribution is -2.41. The Balaban J connectivity index is 1.67. The Bertz CT molecular complexity index is 1050. The molecule has 30 heavy (non-hydrogen) atoms. The summed E-state index contributed by atoms with van der Waals surface area (Å²) in [6.45, 7) is 0. The summed E-state index contributed by atoms with van der Waals surface area (Å²) in [4.78, 5) is 24.8. The fourth-order valence-corrected chi connectivity index (χ4v) is 3.18. The number of esters is 1. The predicted octanol–water partition coefficient (Wildman–Crippen LogP) is 4.13. The van der Waals surface area contributed by atoms with E-state index in [-0.39, 0.29) is 5.91 Å². The first-order valence-corrected chi connectivity index (χ1v) is 9.64. The van der Waals surface area contributed by atoms with Crippen molar-refractivity contribution in [2.75, 3.05) is 7.11 Å². The van der Waals surface area contributed by atoms with Crippen molar-refractivity contribution in [3.05, 3.63) is 95.6 Å². The van der Waals surface area contributed by atoms with Gasteiger partial charge in [0.2, 0.25) is 0 Å². The number of nitriles is 1. The molecule has 0 bridgehead atoms. The number of amides is 1. The van der Waals surface area contributed by atoms with E-state index in [0.29, 0.717) is 24.0 Å². The molecule has 3 rings (SSSR count). The number of aryl methyl sites for hydroxylation is 1. The average Bonchev–Trinajstić information content (AvgIpc) is 2.81. The Morgan fingerprint density at radius 2 is 1.67 bits per heavy atom. The molecule has 0 aromatic heterocycles. The van der Waals surface area contributed by atoms with Gasteiger partial charge in [0, 0.05) is 5.56 Å². The summed E-state index contributed by atoms with van der Waals surface area (Å²) < 4.78 is 4.85. The monoisotopic (exact) mass is 398 g/mol. The van der Waals surface area contributed by atoms with Crippen molar-refractivity contribution in [2.45, 2.75) is 18.9 Å². The van der Waals surface area contributed by atoms with E-state index in [1.165, 1.54) is 7.11 Å². The van der Waals surface area contributed by atoms with Gasteiger partial charge in [-0.25, -0.2) is 4.79 Å². The van der Waals surface area contributed by atoms with Crippen molar-refractivity contribution in [3.8, 4) is 17.2 Å². The van der Waals surface area contributed by atoms with Crippen molar-refractivity contribution in [1.82, 2.24) is 5.32 Å². The zero-order valence-electron chi connectivity index (χ0n) is 16.7. The fourth-order valence-electron chi connectivity index (χ4n) is 3.18. The van der Waals surface area contributed by atoms with Crippen molar-refractivity contribution in [2.24, 2.45) is 0 Å². The highest BCUT2D eigenvalue weighted by molar-refractivity contribution is 5.97. The van der Waals surface area contributed by atoms with Crippen LogP contribution < -0.4 is 5.32 Å². The van der Waals surface area contributed by atoms with Crippen LogP contribution in [0.2, 0.25) is 0 Å². The molecule has 3 aromatic rings. The first-order chi connectivity index (χ1) is 14.6. The smallest absolute Gasteiger partial charge is 0.328 e. The number of nitrogens with one attached hydrogen (secondary N) is 1. The number of benzene rings is 3. The molecule has 1 atom stereocenters. The minimum absolute atomic E-state index is 0.337. The number of ether oxygens (including phenoxy) is 1. The van der Waals surface area contributed by atoms with Crippen molar-refractivity contribution >= 4 is 11.9 Å². The number of nitrogens with zero attached hydrogens (tertiary/aromatic N) is 1. The highest BCUT2D eigenvalue weighted by atomic mass is 16.5. The van der Waals surface area contributed by atoms with Crippen LogP contribution in [0, 0.1) is 11.3 Å². The molecule has 0 heterocycles. The van der Waals surface area contributed by atoms with Gasteiger partial charge < -0.3 is 10.1 Å². The molecule has 0 saturated heterocycles. The number of carbonyl (C=O) groups is 2. The van der Waals surface area contributed by atoms with E-state index in [4.69, 9.17) is 10.00 Å². The van der Waals surface area contributed by atoms with Gasteiger partial charge >= 0.3 is 5.97 Å². The third-order valence-corrected chi connectivity index (χ3v) is 4.82. The first kappa shape index (κ1) is 20.8. The molecule has 0 radical (unpaired) electrons. The second-order valence-corrected chi connectivity index (χ2v) is 6.84. The topological polar surface area (TPSA) is 79.2 Å². The summed E-state index contributed by atoms with van der Waals surface area (Å²) in [7, 11) is 1.30. The zero-order chi connectivity index (χ0) is 21.3. The molecule has 0 saturated carbocycles. The molecule has 1 N–H and O–H groups in total. The van der Waals surface area contributed by atoms with Gasteiger partial charge in [0.25, 0.3) is 5.91 Å². The van der Waals surface area contributed by atoms with Crippen LogP contribution in [0.5, 0.6) is 0 Å². The summed E-state index contributed by atoms with van der Waals surface area (Å²) in [6.07, 6.45) is 0.901. The number of hydrogen-bond acceptors (Lipinski definition) is 4. The SMILES string of the molecule is COC(=O)C(CCc1cccc(C#N)c1)NC(=O)c1ccc(-c2ccccc2)cc1. The van der Waals surface area contributed by atoms with E-state index in [1.54, 1.807) is 30.3 Å². The van der Waals surface area contributed by atoms with E-state index in [1.807, 2.05) is 48.5 Å². The van der Waals surface area contributed by atoms with E-state index in [0.717, 1.165) is 16.7 Å². The normalized spacial score (nSPS) is 11.2. The van der Waals surface area contributed by atoms with Crippen LogP contribution in [0.25, 0.3) is 11.1 Å². The second-order valence-electron chi connectivity index (χ2n) is 6.84. The predicted molar refractivity (Wildman–Crippen MR) is 115 cm³/mol. The maximum Gasteiger partial charge on any atom is 0.328 e. The van der Waals surface area contributed by atoms with Gasteiger partial charge in [-0.1, -0.05) is 54.6 Å². The van der Waals surface area contributed by atoms with Crippen LogP contribution in [0.3, 0.4) is 0 Å². The third-order valence-electron chi connectivity index (χ3n) is 4.82. The van der Waals surface area contributed by atoms with Gasteiger partial charge in [-0.15, -0.1) is 0 Å². The zero-order valence-corrected chi connectivity index (χ0v) is 16.7. The molecule has 5 heteroatoms. The Morgan fingerprint density at radius 3 is 2.33 bits per heavy atom. The lowest BCUT2D eigenvalue weighted by atomic mass is 10.0. The van der Waals surface area contributed by atoms with Crippen LogP contribution >= 0.6 is 0 Å². The molecule has 0 aliphatic rings. The molecule has 1 amide bonds. The van der Waals surface area contributed by atoms with Crippen molar-refractivity contribution in [3.63, 3.8) is 0 Å². The molecule has 3 aromatic carbocycles. The first-order valence-electron chi connectivity index (χ1n) is 9.64. The summed E-state index contributed by atoms with van der Waals surface area (Å²) in [5, 5.41) is 11.8. The van der Waals surface area contributed by atoms with Crippen LogP contribution in [0.4, 0.5) is 0 Å². The van der Waals surface area contributed by atoms with Crippen LogP contribution in [0.15, 0.2) is 78.9 Å². The minimum atomic E-state index is -0.776. The minimum Gasteiger partial charge on any atom is -0.467 e. The molecular weight excluding hydrogens is 376 g/mol. The summed E-state index contributed by atoms with van der Waals surface area (Å²) in [6, 6.07) is 25.6. The standard InChI is InChI=1S/C25H22N2O3/c1-30-25(29)23(15-10-18-6-5-7-19(16-18)17-26)27-24(28)22-13-11-21(12-14-22)20-8-3-2-4-9-20/h2-9,11-14,16,23H,10,15H2,1H3,(H,27,28). The quantitative estimate of drug-likeness (QED) is 0.607. The largest absolute Gasteiger partial charge is 0.467 e. The molecule has 0 aliphatic heterocycles. The molecule has 150 valence electrons. The van der Waals surface area contributed by atoms with Crippen LogP contribution in [-0.2, 0) is 16.0 Å². The van der Waals surface area contributed by atoms with E-state index < -0.39 is 12.0 Å². The number of methoxy groups -OCH3 is 1. The summed E-state index contributed by atoms with van der Waals surface area (Å²) in [5.74, 6) is -0.837. The van der Waals surface area contributed by atoms with Gasteiger partial charge in [-0.2, -0.15) is 5.26 Å². The van der Waals surface area contributed by atoms with Crippen molar-refractivity contribution in [1.29, 1.82) is 5.26 Å². The Labute approximate surface area is 175 Å². The maximum absolute atomic E-state index is 12.7. The summed E-state index contributed by atoms with van der Waals surface area (Å²) >= 11 is 0. The molecule has 1 unspecified atom stereocenters. The molecule has 0 fully saturated rings. The van der Waals surface area contributed by atoms with Gasteiger partial charge in [0.05, 0.1) is 18.7 Å². The lowest BCUT2D eigenvalue weighted by molar-refractivity contribution is -0.143. The highest BCUT2D eigenvalue weighted by Gasteiger charge is 2.22. The van der Waals surface area contributed by atoms with Gasteiger partial charge in [-0.05, 0) is 53.8 Å². The molecule has 0 aliphatic carbocycles. The maximum atomic E-state index is 12.7. The van der Waals surface area contributed by atoms with Gasteiger partial charge in [-0.3, -0.25) is 4.79 Å². The van der Waals surface area contributed by atoms with Crippen LogP contribution in [0.1, 0.15) is 27.9 Å². The Hall–Kier alpha value is -3.91.